The number of hydrogen-bond donors (Lipinski definition) is 0. The molecule has 4 nitrogen and oxygen atoms in total. The van der Waals surface area contributed by atoms with Crippen molar-refractivity contribution in [3.8, 4) is 0 Å². The van der Waals surface area contributed by atoms with Gasteiger partial charge in [-0.25, -0.2) is 0 Å². The SMILES string of the molecule is CC12N3CCN1CCN1CCN(CC3)C12C. The van der Waals surface area contributed by atoms with Crippen LogP contribution in [-0.4, -0.2) is 83.3 Å². The Hall–Kier alpha value is -0.160. The van der Waals surface area contributed by atoms with Crippen LogP contribution in [0.15, 0.2) is 0 Å². The molecule has 0 radical (unpaired) electrons. The summed E-state index contributed by atoms with van der Waals surface area (Å²) in [5.74, 6) is 0. The van der Waals surface area contributed by atoms with E-state index in [-0.39, 0.29) is 11.3 Å². The molecule has 0 spiro atoms. The van der Waals surface area contributed by atoms with Gasteiger partial charge in [-0.3, -0.25) is 19.6 Å². The fourth-order valence-corrected chi connectivity index (χ4v) is 4.75. The Morgan fingerprint density at radius 2 is 0.688 bits per heavy atom. The van der Waals surface area contributed by atoms with Crippen molar-refractivity contribution >= 4 is 0 Å². The van der Waals surface area contributed by atoms with Crippen LogP contribution in [0.25, 0.3) is 0 Å². The minimum atomic E-state index is 0.264. The minimum Gasteiger partial charge on any atom is -0.280 e. The molecule has 0 bridgehead atoms. The van der Waals surface area contributed by atoms with Crippen LogP contribution in [0, 0.1) is 0 Å². The van der Waals surface area contributed by atoms with Crippen molar-refractivity contribution in [2.24, 2.45) is 0 Å². The first-order valence-corrected chi connectivity index (χ1v) is 6.67. The van der Waals surface area contributed by atoms with Gasteiger partial charge in [-0.05, 0) is 13.8 Å². The van der Waals surface area contributed by atoms with Gasteiger partial charge in [-0.1, -0.05) is 0 Å². The number of rotatable bonds is 0. The van der Waals surface area contributed by atoms with Crippen LogP contribution in [0.1, 0.15) is 13.8 Å². The minimum absolute atomic E-state index is 0.264. The molecule has 4 rings (SSSR count). The van der Waals surface area contributed by atoms with Gasteiger partial charge < -0.3 is 0 Å². The van der Waals surface area contributed by atoms with E-state index in [1.165, 1.54) is 52.4 Å². The molecule has 4 heterocycles. The van der Waals surface area contributed by atoms with Crippen LogP contribution in [0.5, 0.6) is 0 Å². The highest BCUT2D eigenvalue weighted by Gasteiger charge is 2.66. The van der Waals surface area contributed by atoms with Crippen LogP contribution in [-0.2, 0) is 0 Å². The molecule has 90 valence electrons. The first kappa shape index (κ1) is 9.83. The molecule has 0 aromatic carbocycles. The smallest absolute Gasteiger partial charge is 0.103 e. The van der Waals surface area contributed by atoms with Gasteiger partial charge in [0.05, 0.1) is 0 Å². The lowest BCUT2D eigenvalue weighted by atomic mass is 9.87. The highest BCUT2D eigenvalue weighted by molar-refractivity contribution is 5.17. The summed E-state index contributed by atoms with van der Waals surface area (Å²) in [6, 6.07) is 0. The van der Waals surface area contributed by atoms with E-state index in [9.17, 15) is 0 Å². The third kappa shape index (κ3) is 0.817. The molecule has 4 aliphatic rings. The highest BCUT2D eigenvalue weighted by atomic mass is 15.6. The third-order valence-electron chi connectivity index (χ3n) is 5.92. The molecule has 16 heavy (non-hydrogen) atoms. The van der Waals surface area contributed by atoms with Crippen molar-refractivity contribution in [1.82, 2.24) is 19.6 Å². The normalized spacial score (nSPS) is 49.9. The maximum Gasteiger partial charge on any atom is 0.103 e. The zero-order valence-electron chi connectivity index (χ0n) is 10.4. The first-order chi connectivity index (χ1) is 7.67. The summed E-state index contributed by atoms with van der Waals surface area (Å²) in [5, 5.41) is 0. The fourth-order valence-electron chi connectivity index (χ4n) is 4.75. The van der Waals surface area contributed by atoms with E-state index in [0.29, 0.717) is 0 Å². The predicted octanol–water partition coefficient (Wildman–Crippen LogP) is -0.319. The van der Waals surface area contributed by atoms with Crippen molar-refractivity contribution in [3.63, 3.8) is 0 Å². The third-order valence-corrected chi connectivity index (χ3v) is 5.92. The summed E-state index contributed by atoms with van der Waals surface area (Å²) in [4.78, 5) is 10.9. The second kappa shape index (κ2) is 2.80. The Kier molecular flexibility index (Phi) is 1.72. The van der Waals surface area contributed by atoms with E-state index in [1.807, 2.05) is 0 Å². The summed E-state index contributed by atoms with van der Waals surface area (Å²) >= 11 is 0. The molecular weight excluding hydrogens is 200 g/mol. The second-order valence-electron chi connectivity index (χ2n) is 5.99. The second-order valence-corrected chi connectivity index (χ2v) is 5.99. The van der Waals surface area contributed by atoms with Gasteiger partial charge in [-0.15, -0.1) is 0 Å². The molecule has 0 unspecified atom stereocenters. The quantitative estimate of drug-likeness (QED) is 0.557. The van der Waals surface area contributed by atoms with Crippen molar-refractivity contribution in [2.75, 3.05) is 52.4 Å². The monoisotopic (exact) mass is 222 g/mol. The van der Waals surface area contributed by atoms with Gasteiger partial charge in [0, 0.05) is 52.4 Å². The standard InChI is InChI=1S/C12H22N4/c1-11-12(2)15-5-6-16(12)10-8-14(11)4-3-13(11)7-9-15/h3-10H2,1-2H3. The van der Waals surface area contributed by atoms with Crippen molar-refractivity contribution < 1.29 is 0 Å². The zero-order valence-corrected chi connectivity index (χ0v) is 10.4. The summed E-state index contributed by atoms with van der Waals surface area (Å²) < 4.78 is 0. The van der Waals surface area contributed by atoms with Gasteiger partial charge in [0.15, 0.2) is 0 Å². The largest absolute Gasteiger partial charge is 0.280 e. The number of nitrogens with zero attached hydrogens (tertiary/aromatic N) is 4. The lowest BCUT2D eigenvalue weighted by molar-refractivity contribution is -0.202. The zero-order chi connectivity index (χ0) is 11.0. The Morgan fingerprint density at radius 1 is 0.500 bits per heavy atom. The van der Waals surface area contributed by atoms with E-state index in [4.69, 9.17) is 0 Å². The molecule has 4 fully saturated rings. The van der Waals surface area contributed by atoms with E-state index < -0.39 is 0 Å². The summed E-state index contributed by atoms with van der Waals surface area (Å²) in [5.41, 5.74) is 0.528. The van der Waals surface area contributed by atoms with Crippen LogP contribution < -0.4 is 0 Å². The molecule has 0 aliphatic carbocycles. The van der Waals surface area contributed by atoms with Gasteiger partial charge in [0.25, 0.3) is 0 Å². The van der Waals surface area contributed by atoms with Crippen molar-refractivity contribution in [1.29, 1.82) is 0 Å². The lowest BCUT2D eigenvalue weighted by Crippen LogP contribution is -2.80. The Morgan fingerprint density at radius 3 is 0.875 bits per heavy atom. The Bertz CT molecular complexity index is 273. The predicted molar refractivity (Wildman–Crippen MR) is 63.1 cm³/mol. The molecule has 4 heteroatoms. The van der Waals surface area contributed by atoms with E-state index >= 15 is 0 Å². The topological polar surface area (TPSA) is 13.0 Å². The van der Waals surface area contributed by atoms with Crippen LogP contribution >= 0.6 is 0 Å². The maximum atomic E-state index is 2.72. The first-order valence-electron chi connectivity index (χ1n) is 6.67. The van der Waals surface area contributed by atoms with Gasteiger partial charge in [0.2, 0.25) is 0 Å². The molecule has 0 amide bonds. The van der Waals surface area contributed by atoms with Gasteiger partial charge in [-0.2, -0.15) is 0 Å². The van der Waals surface area contributed by atoms with Crippen LogP contribution in [0.3, 0.4) is 0 Å². The number of piperazine rings is 2. The van der Waals surface area contributed by atoms with Crippen LogP contribution in [0.2, 0.25) is 0 Å². The summed E-state index contributed by atoms with van der Waals surface area (Å²) in [7, 11) is 0. The highest BCUT2D eigenvalue weighted by Crippen LogP contribution is 2.48. The molecular formula is C12H22N4. The number of hydrogen-bond acceptors (Lipinski definition) is 4. The lowest BCUT2D eigenvalue weighted by Gasteiger charge is -2.63. The van der Waals surface area contributed by atoms with E-state index in [2.05, 4.69) is 33.4 Å². The fraction of sp³-hybridized carbons (Fsp3) is 1.00. The Balaban J connectivity index is 1.88. The summed E-state index contributed by atoms with van der Waals surface area (Å²) in [6.45, 7) is 15.1. The van der Waals surface area contributed by atoms with E-state index in [1.54, 1.807) is 0 Å². The molecule has 0 aromatic rings. The Labute approximate surface area is 97.8 Å². The molecule has 4 aliphatic heterocycles. The summed E-state index contributed by atoms with van der Waals surface area (Å²) in [6.07, 6.45) is 0. The molecule has 0 saturated carbocycles. The van der Waals surface area contributed by atoms with Gasteiger partial charge >= 0.3 is 0 Å². The molecule has 0 atom stereocenters. The van der Waals surface area contributed by atoms with Gasteiger partial charge in [0.1, 0.15) is 11.3 Å². The average Bonchev–Trinajstić information content (AvgIpc) is 2.73. The van der Waals surface area contributed by atoms with E-state index in [0.717, 1.165) is 0 Å². The maximum absolute atomic E-state index is 2.72. The van der Waals surface area contributed by atoms with Crippen LogP contribution in [0.4, 0.5) is 0 Å². The van der Waals surface area contributed by atoms with Crippen molar-refractivity contribution in [3.05, 3.63) is 0 Å². The molecule has 0 aromatic heterocycles. The molecule has 0 N–H and O–H groups in total. The average molecular weight is 222 g/mol. The van der Waals surface area contributed by atoms with Crippen molar-refractivity contribution in [2.45, 2.75) is 25.2 Å². The molecule has 4 saturated heterocycles.